The summed E-state index contributed by atoms with van der Waals surface area (Å²) in [6.07, 6.45) is 4.85. The van der Waals surface area contributed by atoms with Crippen LogP contribution in [-0.4, -0.2) is 20.0 Å². The van der Waals surface area contributed by atoms with Crippen LogP contribution in [0.2, 0.25) is 0 Å². The number of para-hydroxylation sites is 2. The third kappa shape index (κ3) is 3.17. The molecular weight excluding hydrogens is 405 g/mol. The van der Waals surface area contributed by atoms with E-state index in [1.807, 2.05) is 35.8 Å². The zero-order chi connectivity index (χ0) is 22.2. The van der Waals surface area contributed by atoms with Gasteiger partial charge in [-0.1, -0.05) is 30.3 Å². The lowest BCUT2D eigenvalue weighted by atomic mass is 10.1. The van der Waals surface area contributed by atoms with E-state index in [1.165, 1.54) is 12.1 Å². The predicted molar refractivity (Wildman–Crippen MR) is 123 cm³/mol. The molecule has 0 amide bonds. The van der Waals surface area contributed by atoms with Crippen molar-refractivity contribution in [2.45, 2.75) is 13.5 Å². The largest absolute Gasteiger partial charge is 0.457 e. The molecule has 0 N–H and O–H groups in total. The molecule has 158 valence electrons. The fourth-order valence-electron chi connectivity index (χ4n) is 4.01. The van der Waals surface area contributed by atoms with E-state index in [2.05, 4.69) is 11.7 Å². The summed E-state index contributed by atoms with van der Waals surface area (Å²) in [6, 6.07) is 17.7. The number of allylic oxidation sites excluding steroid dienone is 2. The van der Waals surface area contributed by atoms with Gasteiger partial charge in [0, 0.05) is 6.54 Å². The first-order valence-corrected chi connectivity index (χ1v) is 10.2. The number of fused-ring (bicyclic) bond motifs is 3. The molecule has 0 aliphatic rings. The van der Waals surface area contributed by atoms with E-state index in [0.29, 0.717) is 34.9 Å². The van der Waals surface area contributed by atoms with Crippen molar-refractivity contribution < 1.29 is 13.6 Å². The number of carbonyl (C=O) groups is 1. The number of rotatable bonds is 6. The van der Waals surface area contributed by atoms with Crippen LogP contribution in [-0.2, 0) is 6.54 Å². The van der Waals surface area contributed by atoms with Gasteiger partial charge >= 0.3 is 0 Å². The topological polar surface area (TPSA) is 52.4 Å². The molecular formula is C26H20FN3O2. The molecule has 5 aromatic rings. The van der Waals surface area contributed by atoms with Crippen molar-refractivity contribution in [3.63, 3.8) is 0 Å². The van der Waals surface area contributed by atoms with Gasteiger partial charge in [0.05, 0.1) is 27.9 Å². The van der Waals surface area contributed by atoms with Crippen LogP contribution in [0.15, 0.2) is 83.8 Å². The Morgan fingerprint density at radius 2 is 1.84 bits per heavy atom. The average molecular weight is 425 g/mol. The monoisotopic (exact) mass is 425 g/mol. The number of aromatic nitrogens is 3. The van der Waals surface area contributed by atoms with E-state index in [4.69, 9.17) is 4.42 Å². The van der Waals surface area contributed by atoms with E-state index < -0.39 is 0 Å². The molecule has 3 heterocycles. The molecule has 0 saturated heterocycles. The smallest absolute Gasteiger partial charge is 0.191 e. The van der Waals surface area contributed by atoms with Crippen LogP contribution in [0, 0.1) is 12.7 Å². The molecule has 0 radical (unpaired) electrons. The fraction of sp³-hybridized carbons (Fsp3) is 0.0769. The number of imidazole rings is 1. The van der Waals surface area contributed by atoms with Crippen molar-refractivity contribution in [2.24, 2.45) is 0 Å². The molecule has 0 unspecified atom stereocenters. The van der Waals surface area contributed by atoms with Crippen LogP contribution in [0.5, 0.6) is 0 Å². The van der Waals surface area contributed by atoms with Gasteiger partial charge in [-0.15, -0.1) is 6.58 Å². The van der Waals surface area contributed by atoms with Crippen molar-refractivity contribution in [1.29, 1.82) is 0 Å². The number of furan rings is 1. The fourth-order valence-corrected chi connectivity index (χ4v) is 4.01. The van der Waals surface area contributed by atoms with Crippen LogP contribution < -0.4 is 0 Å². The van der Waals surface area contributed by atoms with Crippen molar-refractivity contribution >= 4 is 28.5 Å². The number of hydrogen-bond donors (Lipinski definition) is 0. The minimum absolute atomic E-state index is 0.186. The van der Waals surface area contributed by atoms with Gasteiger partial charge in [-0.25, -0.2) is 8.91 Å². The van der Waals surface area contributed by atoms with Gasteiger partial charge in [0.15, 0.2) is 5.78 Å². The lowest BCUT2D eigenvalue weighted by Crippen LogP contribution is -2.02. The number of benzene rings is 2. The number of ketones is 1. The predicted octanol–water partition coefficient (Wildman–Crippen LogP) is 6.08. The van der Waals surface area contributed by atoms with Crippen molar-refractivity contribution in [3.8, 4) is 11.3 Å². The summed E-state index contributed by atoms with van der Waals surface area (Å²) in [5.74, 6) is 0.325. The number of hydrogen-bond acceptors (Lipinski definition) is 3. The SMILES string of the molecule is C=CCn1c2ccccc2n2nc(C)c(C(=O)/C=C/c3ccc(-c4ccccc4F)o3)c12. The van der Waals surface area contributed by atoms with Gasteiger partial charge in [-0.3, -0.25) is 4.79 Å². The molecule has 5 rings (SSSR count). The van der Waals surface area contributed by atoms with Gasteiger partial charge in [0.1, 0.15) is 23.0 Å². The van der Waals surface area contributed by atoms with Crippen molar-refractivity contribution in [1.82, 2.24) is 14.2 Å². The molecule has 0 fully saturated rings. The average Bonchev–Trinajstić information content (AvgIpc) is 3.47. The third-order valence-electron chi connectivity index (χ3n) is 5.42. The van der Waals surface area contributed by atoms with E-state index in [-0.39, 0.29) is 11.6 Å². The zero-order valence-corrected chi connectivity index (χ0v) is 17.5. The first-order chi connectivity index (χ1) is 15.6. The summed E-state index contributed by atoms with van der Waals surface area (Å²) in [5, 5.41) is 4.62. The maximum Gasteiger partial charge on any atom is 0.191 e. The van der Waals surface area contributed by atoms with Crippen molar-refractivity contribution in [3.05, 3.63) is 102 Å². The molecule has 6 heteroatoms. The summed E-state index contributed by atoms with van der Waals surface area (Å²) in [4.78, 5) is 13.2. The quantitative estimate of drug-likeness (QED) is 0.188. The lowest BCUT2D eigenvalue weighted by Gasteiger charge is -2.03. The van der Waals surface area contributed by atoms with Crippen LogP contribution >= 0.6 is 0 Å². The molecule has 0 spiro atoms. The van der Waals surface area contributed by atoms with E-state index >= 15 is 0 Å². The van der Waals surface area contributed by atoms with Gasteiger partial charge in [0.2, 0.25) is 0 Å². The first-order valence-electron chi connectivity index (χ1n) is 10.2. The second-order valence-electron chi connectivity index (χ2n) is 7.46. The molecule has 0 atom stereocenters. The Morgan fingerprint density at radius 1 is 1.09 bits per heavy atom. The highest BCUT2D eigenvalue weighted by Crippen LogP contribution is 2.28. The summed E-state index contributed by atoms with van der Waals surface area (Å²) in [6.45, 7) is 6.23. The zero-order valence-electron chi connectivity index (χ0n) is 17.5. The van der Waals surface area contributed by atoms with Crippen LogP contribution in [0.4, 0.5) is 4.39 Å². The lowest BCUT2D eigenvalue weighted by molar-refractivity contribution is 0.104. The molecule has 2 aromatic carbocycles. The Kier molecular flexibility index (Phi) is 4.82. The number of aryl methyl sites for hydroxylation is 1. The Labute approximate surface area is 183 Å². The maximum absolute atomic E-state index is 14.0. The standard InChI is InChI=1S/C26H20FN3O2/c1-3-16-29-21-10-6-7-11-22(21)30-26(29)25(17(2)28-30)23(31)14-12-18-13-15-24(32-18)19-8-4-5-9-20(19)27/h3-15H,1,16H2,2H3/b14-12+. The molecule has 3 aromatic heterocycles. The van der Waals surface area contributed by atoms with Gasteiger partial charge in [0.25, 0.3) is 0 Å². The van der Waals surface area contributed by atoms with E-state index in [0.717, 1.165) is 16.7 Å². The minimum atomic E-state index is -0.360. The molecule has 0 aliphatic carbocycles. The van der Waals surface area contributed by atoms with Gasteiger partial charge < -0.3 is 8.98 Å². The normalized spacial score (nSPS) is 11.7. The third-order valence-corrected chi connectivity index (χ3v) is 5.42. The number of nitrogens with zero attached hydrogens (tertiary/aromatic N) is 3. The van der Waals surface area contributed by atoms with E-state index in [9.17, 15) is 9.18 Å². The second kappa shape index (κ2) is 7.81. The minimum Gasteiger partial charge on any atom is -0.457 e. The Hall–Kier alpha value is -4.19. The molecule has 32 heavy (non-hydrogen) atoms. The summed E-state index contributed by atoms with van der Waals surface area (Å²) in [7, 11) is 0. The maximum atomic E-state index is 14.0. The van der Waals surface area contributed by atoms with Crippen molar-refractivity contribution in [2.75, 3.05) is 0 Å². The number of halogens is 1. The molecule has 0 bridgehead atoms. The molecule has 0 saturated carbocycles. The highest BCUT2D eigenvalue weighted by atomic mass is 19.1. The summed E-state index contributed by atoms with van der Waals surface area (Å²) >= 11 is 0. The first kappa shape index (κ1) is 19.8. The Balaban J connectivity index is 1.53. The molecule has 0 aliphatic heterocycles. The summed E-state index contributed by atoms with van der Waals surface area (Å²) in [5.41, 5.74) is 4.18. The van der Waals surface area contributed by atoms with Crippen LogP contribution in [0.3, 0.4) is 0 Å². The Morgan fingerprint density at radius 3 is 2.62 bits per heavy atom. The molecule has 5 nitrogen and oxygen atoms in total. The van der Waals surface area contributed by atoms with Gasteiger partial charge in [-0.2, -0.15) is 5.10 Å². The van der Waals surface area contributed by atoms with Crippen LogP contribution in [0.25, 0.3) is 34.1 Å². The highest BCUT2D eigenvalue weighted by molar-refractivity contribution is 6.12. The highest BCUT2D eigenvalue weighted by Gasteiger charge is 2.22. The van der Waals surface area contributed by atoms with Gasteiger partial charge in [-0.05, 0) is 55.5 Å². The van der Waals surface area contributed by atoms with Crippen LogP contribution in [0.1, 0.15) is 21.8 Å². The number of carbonyl (C=O) groups excluding carboxylic acids is 1. The Bertz CT molecular complexity index is 1520. The summed E-state index contributed by atoms with van der Waals surface area (Å²) < 4.78 is 23.6. The second-order valence-corrected chi connectivity index (χ2v) is 7.46. The van der Waals surface area contributed by atoms with E-state index in [1.54, 1.807) is 47.0 Å².